The molecule has 5 heteroatoms. The van der Waals surface area contributed by atoms with E-state index in [9.17, 15) is 10.1 Å². The zero-order valence-corrected chi connectivity index (χ0v) is 12.7. The molecular weight excluding hydrogens is 343 g/mol. The lowest BCUT2D eigenvalue weighted by atomic mass is 9.97. The number of hydrogen-bond donors (Lipinski definition) is 1. The average molecular weight is 360 g/mol. The van der Waals surface area contributed by atoms with E-state index < -0.39 is 0 Å². The second-order valence-electron chi connectivity index (χ2n) is 5.08. The first-order valence-corrected chi connectivity index (χ1v) is 7.27. The van der Waals surface area contributed by atoms with E-state index in [4.69, 9.17) is 0 Å². The number of nitro groups is 1. The lowest BCUT2D eigenvalue weighted by molar-refractivity contribution is -0.384. The maximum atomic E-state index is 11.1. The predicted molar refractivity (Wildman–Crippen MR) is 80.8 cm³/mol. The Morgan fingerprint density at radius 3 is 2.67 bits per heavy atom. The molecule has 3 unspecified atom stereocenters. The summed E-state index contributed by atoms with van der Waals surface area (Å²) in [5.41, 5.74) is 0.819. The molecule has 0 radical (unpaired) electrons. The Labute approximate surface area is 120 Å². The van der Waals surface area contributed by atoms with Crippen LogP contribution in [0.15, 0.2) is 18.2 Å². The topological polar surface area (TPSA) is 55.2 Å². The minimum Gasteiger partial charge on any atom is -0.376 e. The molecule has 0 bridgehead atoms. The van der Waals surface area contributed by atoms with Crippen molar-refractivity contribution in [3.63, 3.8) is 0 Å². The molecule has 1 aromatic rings. The second-order valence-corrected chi connectivity index (χ2v) is 6.33. The van der Waals surface area contributed by atoms with Gasteiger partial charge >= 0.3 is 0 Å². The van der Waals surface area contributed by atoms with E-state index in [1.54, 1.807) is 6.07 Å². The van der Waals surface area contributed by atoms with Crippen molar-refractivity contribution in [2.24, 2.45) is 11.8 Å². The number of nitro benzene ring substituents is 1. The Hall–Kier alpha value is -0.850. The van der Waals surface area contributed by atoms with Crippen LogP contribution in [0.25, 0.3) is 0 Å². The number of nitrogens with zero attached hydrogens (tertiary/aromatic N) is 1. The summed E-state index contributed by atoms with van der Waals surface area (Å²) >= 11 is 2.10. The summed E-state index contributed by atoms with van der Waals surface area (Å²) < 4.78 is 0.887. The molecule has 4 nitrogen and oxygen atoms in total. The van der Waals surface area contributed by atoms with E-state index in [1.165, 1.54) is 6.42 Å². The highest BCUT2D eigenvalue weighted by molar-refractivity contribution is 14.1. The van der Waals surface area contributed by atoms with Crippen LogP contribution in [0.1, 0.15) is 26.7 Å². The van der Waals surface area contributed by atoms with Crippen molar-refractivity contribution < 1.29 is 4.92 Å². The molecule has 1 N–H and O–H groups in total. The van der Waals surface area contributed by atoms with Crippen LogP contribution >= 0.6 is 22.6 Å². The molecule has 1 aliphatic carbocycles. The van der Waals surface area contributed by atoms with Crippen molar-refractivity contribution in [1.82, 2.24) is 0 Å². The van der Waals surface area contributed by atoms with E-state index in [0.29, 0.717) is 23.6 Å². The third-order valence-electron chi connectivity index (χ3n) is 3.96. The highest BCUT2D eigenvalue weighted by Gasteiger charge is 2.30. The Balaban J connectivity index is 2.21. The number of rotatable bonds is 3. The lowest BCUT2D eigenvalue weighted by Crippen LogP contribution is -2.24. The van der Waals surface area contributed by atoms with Gasteiger partial charge in [-0.25, -0.2) is 0 Å². The summed E-state index contributed by atoms with van der Waals surface area (Å²) in [4.78, 5) is 10.7. The zero-order chi connectivity index (χ0) is 13.3. The minimum atomic E-state index is -0.312. The summed E-state index contributed by atoms with van der Waals surface area (Å²) in [6.07, 6.45) is 2.28. The quantitative estimate of drug-likeness (QED) is 0.503. The molecule has 1 fully saturated rings. The van der Waals surface area contributed by atoms with Crippen molar-refractivity contribution in [1.29, 1.82) is 0 Å². The van der Waals surface area contributed by atoms with Gasteiger partial charge in [0, 0.05) is 15.7 Å². The zero-order valence-electron chi connectivity index (χ0n) is 10.5. The molecule has 1 aromatic carbocycles. The van der Waals surface area contributed by atoms with Crippen molar-refractivity contribution in [2.75, 3.05) is 5.32 Å². The fourth-order valence-electron chi connectivity index (χ4n) is 2.55. The van der Waals surface area contributed by atoms with Crippen LogP contribution in [0.4, 0.5) is 11.4 Å². The third-order valence-corrected chi connectivity index (χ3v) is 4.63. The van der Waals surface area contributed by atoms with Crippen molar-refractivity contribution in [3.05, 3.63) is 31.9 Å². The van der Waals surface area contributed by atoms with Gasteiger partial charge in [-0.3, -0.25) is 10.1 Å². The number of hydrogen-bond acceptors (Lipinski definition) is 3. The predicted octanol–water partition coefficient (Wildman–Crippen LogP) is 4.05. The van der Waals surface area contributed by atoms with E-state index in [1.807, 2.05) is 12.1 Å². The Morgan fingerprint density at radius 1 is 1.39 bits per heavy atom. The summed E-state index contributed by atoms with van der Waals surface area (Å²) in [5, 5.41) is 14.4. The number of benzene rings is 1. The normalized spacial score (nSPS) is 27.2. The van der Waals surface area contributed by atoms with Gasteiger partial charge < -0.3 is 5.32 Å². The van der Waals surface area contributed by atoms with Gasteiger partial charge in [-0.2, -0.15) is 0 Å². The van der Waals surface area contributed by atoms with Gasteiger partial charge in [-0.15, -0.1) is 0 Å². The van der Waals surface area contributed by atoms with Crippen LogP contribution in [-0.2, 0) is 0 Å². The summed E-state index contributed by atoms with van der Waals surface area (Å²) in [5.74, 6) is 1.24. The van der Waals surface area contributed by atoms with Crippen molar-refractivity contribution >= 4 is 34.0 Å². The number of anilines is 1. The van der Waals surface area contributed by atoms with Gasteiger partial charge in [0.2, 0.25) is 0 Å². The monoisotopic (exact) mass is 360 g/mol. The molecule has 0 aromatic heterocycles. The Morgan fingerprint density at radius 2 is 2.11 bits per heavy atom. The molecule has 0 saturated heterocycles. The molecule has 1 aliphatic rings. The molecule has 0 amide bonds. The minimum absolute atomic E-state index is 0.175. The Bertz CT molecular complexity index is 464. The lowest BCUT2D eigenvalue weighted by Gasteiger charge is -2.20. The number of halogens is 1. The van der Waals surface area contributed by atoms with E-state index in [0.717, 1.165) is 9.99 Å². The molecule has 98 valence electrons. The summed E-state index contributed by atoms with van der Waals surface area (Å²) in [6.45, 7) is 4.46. The highest BCUT2D eigenvalue weighted by atomic mass is 127. The van der Waals surface area contributed by atoms with Gasteiger partial charge in [0.1, 0.15) is 5.69 Å². The highest BCUT2D eigenvalue weighted by Crippen LogP contribution is 2.35. The third kappa shape index (κ3) is 2.76. The van der Waals surface area contributed by atoms with Crippen LogP contribution in [0.5, 0.6) is 0 Å². The van der Waals surface area contributed by atoms with Crippen LogP contribution in [-0.4, -0.2) is 11.0 Å². The molecule has 0 heterocycles. The average Bonchev–Trinajstić information content (AvgIpc) is 2.63. The fraction of sp³-hybridized carbons (Fsp3) is 0.538. The molecule has 18 heavy (non-hydrogen) atoms. The Kier molecular flexibility index (Phi) is 4.09. The van der Waals surface area contributed by atoms with Crippen LogP contribution < -0.4 is 5.32 Å². The van der Waals surface area contributed by atoms with Crippen molar-refractivity contribution in [2.45, 2.75) is 32.7 Å². The summed E-state index contributed by atoms with van der Waals surface area (Å²) in [6, 6.07) is 5.68. The first-order valence-electron chi connectivity index (χ1n) is 6.19. The molecular formula is C13H17IN2O2. The SMILES string of the molecule is CC1CCC(Nc2ccc(I)cc2[N+](=O)[O-])C1C. The molecule has 1 saturated carbocycles. The van der Waals surface area contributed by atoms with E-state index >= 15 is 0 Å². The largest absolute Gasteiger partial charge is 0.376 e. The smallest absolute Gasteiger partial charge is 0.293 e. The molecule has 0 spiro atoms. The molecule has 3 atom stereocenters. The van der Waals surface area contributed by atoms with E-state index in [2.05, 4.69) is 41.8 Å². The van der Waals surface area contributed by atoms with Gasteiger partial charge in [-0.1, -0.05) is 13.8 Å². The van der Waals surface area contributed by atoms with Crippen LogP contribution in [0.2, 0.25) is 0 Å². The van der Waals surface area contributed by atoms with Crippen LogP contribution in [0, 0.1) is 25.5 Å². The van der Waals surface area contributed by atoms with E-state index in [-0.39, 0.29) is 10.6 Å². The standard InChI is InChI=1S/C13H17IN2O2/c1-8-3-5-11(9(8)2)15-12-6-4-10(14)7-13(12)16(17)18/h4,6-9,11,15H,3,5H2,1-2H3. The van der Waals surface area contributed by atoms with Gasteiger partial charge in [0.25, 0.3) is 5.69 Å². The first kappa shape index (κ1) is 13.6. The van der Waals surface area contributed by atoms with Gasteiger partial charge in [0.15, 0.2) is 0 Å². The number of nitrogens with one attached hydrogen (secondary N) is 1. The maximum absolute atomic E-state index is 11.1. The van der Waals surface area contributed by atoms with Crippen LogP contribution in [0.3, 0.4) is 0 Å². The van der Waals surface area contributed by atoms with Crippen molar-refractivity contribution in [3.8, 4) is 0 Å². The second kappa shape index (κ2) is 5.42. The first-order chi connectivity index (χ1) is 8.49. The molecule has 0 aliphatic heterocycles. The van der Waals surface area contributed by atoms with Gasteiger partial charge in [0.05, 0.1) is 4.92 Å². The molecule has 2 rings (SSSR count). The summed E-state index contributed by atoms with van der Waals surface area (Å²) in [7, 11) is 0. The maximum Gasteiger partial charge on any atom is 0.293 e. The fourth-order valence-corrected chi connectivity index (χ4v) is 3.02. The van der Waals surface area contributed by atoms with Gasteiger partial charge in [-0.05, 0) is 59.4 Å².